The number of para-hydroxylation sites is 2. The predicted molar refractivity (Wildman–Crippen MR) is 111 cm³/mol. The normalized spacial score (nSPS) is 31.5. The molecule has 9 heteroatoms. The van der Waals surface area contributed by atoms with Crippen molar-refractivity contribution in [2.24, 2.45) is 17.3 Å². The van der Waals surface area contributed by atoms with Crippen molar-refractivity contribution in [1.29, 1.82) is 0 Å². The van der Waals surface area contributed by atoms with E-state index in [0.29, 0.717) is 31.1 Å². The molecule has 0 spiro atoms. The molecule has 0 aliphatic heterocycles. The first kappa shape index (κ1) is 21.3. The molecule has 4 fully saturated rings. The standard InChI is InChI=1S/C22H27N3O6/c1-13(19(27)23-17-5-3-4-6-18(17)25(29)30)31-20(28)21-8-15-7-16(9-21)11-22(10-15,12-21)24-14(2)26/h3-6,13,15-16H,7-12H2,1-2H3,(H,23,27)(H,24,26)/t13-,15-,16+,21?,22?/m1/s1. The van der Waals surface area contributed by atoms with Crippen molar-refractivity contribution < 1.29 is 24.0 Å². The number of ether oxygens (including phenoxy) is 1. The molecule has 1 aromatic carbocycles. The van der Waals surface area contributed by atoms with E-state index in [1.54, 1.807) is 6.07 Å². The Labute approximate surface area is 180 Å². The van der Waals surface area contributed by atoms with Crippen molar-refractivity contribution in [3.05, 3.63) is 34.4 Å². The Morgan fingerprint density at radius 1 is 1.16 bits per heavy atom. The summed E-state index contributed by atoms with van der Waals surface area (Å²) in [7, 11) is 0. The van der Waals surface area contributed by atoms with Gasteiger partial charge >= 0.3 is 5.97 Å². The second-order valence-corrected chi connectivity index (χ2v) is 9.51. The Bertz CT molecular complexity index is 931. The molecular weight excluding hydrogens is 402 g/mol. The lowest BCUT2D eigenvalue weighted by Crippen LogP contribution is -2.65. The van der Waals surface area contributed by atoms with Gasteiger partial charge in [-0.3, -0.25) is 24.5 Å². The van der Waals surface area contributed by atoms with Crippen molar-refractivity contribution in [2.45, 2.75) is 64.0 Å². The van der Waals surface area contributed by atoms with Gasteiger partial charge in [-0.05, 0) is 63.4 Å². The van der Waals surface area contributed by atoms with Crippen LogP contribution in [0.5, 0.6) is 0 Å². The van der Waals surface area contributed by atoms with Gasteiger partial charge in [0.1, 0.15) is 5.69 Å². The molecule has 2 N–H and O–H groups in total. The summed E-state index contributed by atoms with van der Waals surface area (Å²) in [4.78, 5) is 48.2. The van der Waals surface area contributed by atoms with Crippen LogP contribution in [0.1, 0.15) is 52.4 Å². The highest BCUT2D eigenvalue weighted by Crippen LogP contribution is 2.62. The second-order valence-electron chi connectivity index (χ2n) is 9.51. The third kappa shape index (κ3) is 4.00. The molecule has 4 saturated carbocycles. The average Bonchev–Trinajstić information content (AvgIpc) is 2.66. The third-order valence-corrected chi connectivity index (χ3v) is 6.95. The molecule has 0 radical (unpaired) electrons. The lowest BCUT2D eigenvalue weighted by atomic mass is 9.47. The number of nitro benzene ring substituents is 1. The van der Waals surface area contributed by atoms with Gasteiger partial charge in [0.15, 0.2) is 6.10 Å². The number of nitrogens with one attached hydrogen (secondary N) is 2. The zero-order chi connectivity index (χ0) is 22.4. The van der Waals surface area contributed by atoms with E-state index in [0.717, 1.165) is 19.3 Å². The van der Waals surface area contributed by atoms with E-state index in [-0.39, 0.29) is 22.8 Å². The fourth-order valence-electron chi connectivity index (χ4n) is 6.33. The zero-order valence-electron chi connectivity index (χ0n) is 17.7. The number of nitro groups is 1. The molecule has 2 amide bonds. The molecule has 2 unspecified atom stereocenters. The fraction of sp³-hybridized carbons (Fsp3) is 0.591. The maximum Gasteiger partial charge on any atom is 0.312 e. The molecule has 0 heterocycles. The van der Waals surface area contributed by atoms with Crippen LogP contribution in [0.4, 0.5) is 11.4 Å². The highest BCUT2D eigenvalue weighted by Gasteiger charge is 2.61. The van der Waals surface area contributed by atoms with Gasteiger partial charge < -0.3 is 15.4 Å². The monoisotopic (exact) mass is 429 g/mol. The molecule has 4 aliphatic carbocycles. The van der Waals surface area contributed by atoms with Gasteiger partial charge in [-0.1, -0.05) is 12.1 Å². The summed E-state index contributed by atoms with van der Waals surface area (Å²) in [5.74, 6) is -0.415. The minimum absolute atomic E-state index is 0.0554. The molecule has 9 nitrogen and oxygen atoms in total. The topological polar surface area (TPSA) is 128 Å². The van der Waals surface area contributed by atoms with Gasteiger partial charge in [0, 0.05) is 18.5 Å². The van der Waals surface area contributed by atoms with E-state index < -0.39 is 28.3 Å². The highest BCUT2D eigenvalue weighted by molar-refractivity contribution is 5.97. The SMILES string of the molecule is CC(=O)NC12C[C@H]3C[C@@H](C1)CC(C(=O)O[C@H](C)C(=O)Nc1ccccc1[N+](=O)[O-])(C3)C2. The molecule has 4 bridgehead atoms. The number of anilines is 1. The van der Waals surface area contributed by atoms with E-state index in [1.807, 2.05) is 0 Å². The number of benzene rings is 1. The number of hydrogen-bond acceptors (Lipinski definition) is 6. The first-order valence-corrected chi connectivity index (χ1v) is 10.7. The molecule has 4 aliphatic rings. The van der Waals surface area contributed by atoms with Crippen molar-refractivity contribution in [2.75, 3.05) is 5.32 Å². The second kappa shape index (κ2) is 7.62. The average molecular weight is 429 g/mol. The summed E-state index contributed by atoms with van der Waals surface area (Å²) < 4.78 is 5.59. The maximum atomic E-state index is 13.2. The molecule has 5 rings (SSSR count). The number of nitrogens with zero attached hydrogens (tertiary/aromatic N) is 1. The minimum Gasteiger partial charge on any atom is -0.452 e. The molecular formula is C22H27N3O6. The molecule has 31 heavy (non-hydrogen) atoms. The van der Waals surface area contributed by atoms with Gasteiger partial charge in [-0.2, -0.15) is 0 Å². The molecule has 0 saturated heterocycles. The van der Waals surface area contributed by atoms with Crippen LogP contribution in [-0.2, 0) is 19.1 Å². The first-order chi connectivity index (χ1) is 14.6. The van der Waals surface area contributed by atoms with Crippen molar-refractivity contribution in [1.82, 2.24) is 5.32 Å². The van der Waals surface area contributed by atoms with E-state index in [9.17, 15) is 24.5 Å². The summed E-state index contributed by atoms with van der Waals surface area (Å²) in [6, 6.07) is 5.81. The van der Waals surface area contributed by atoms with Gasteiger partial charge in [0.25, 0.3) is 11.6 Å². The quantitative estimate of drug-likeness (QED) is 0.407. The van der Waals surface area contributed by atoms with E-state index in [4.69, 9.17) is 4.74 Å². The van der Waals surface area contributed by atoms with Gasteiger partial charge in [-0.25, -0.2) is 0 Å². The smallest absolute Gasteiger partial charge is 0.312 e. The number of amides is 2. The predicted octanol–water partition coefficient (Wildman–Crippen LogP) is 2.94. The largest absolute Gasteiger partial charge is 0.452 e. The lowest BCUT2D eigenvalue weighted by molar-refractivity contribution is -0.383. The maximum absolute atomic E-state index is 13.2. The summed E-state index contributed by atoms with van der Waals surface area (Å²) in [6.07, 6.45) is 3.67. The Kier molecular flexibility index (Phi) is 5.23. The van der Waals surface area contributed by atoms with Gasteiger partial charge in [0.2, 0.25) is 5.91 Å². The van der Waals surface area contributed by atoms with Crippen LogP contribution in [-0.4, -0.2) is 34.3 Å². The third-order valence-electron chi connectivity index (χ3n) is 6.95. The molecule has 166 valence electrons. The van der Waals surface area contributed by atoms with Crippen LogP contribution < -0.4 is 10.6 Å². The van der Waals surface area contributed by atoms with Crippen LogP contribution >= 0.6 is 0 Å². The molecule has 5 atom stereocenters. The van der Waals surface area contributed by atoms with Crippen LogP contribution in [0.15, 0.2) is 24.3 Å². The summed E-state index contributed by atoms with van der Waals surface area (Å²) >= 11 is 0. The molecule has 1 aromatic rings. The van der Waals surface area contributed by atoms with Crippen molar-refractivity contribution in [3.63, 3.8) is 0 Å². The van der Waals surface area contributed by atoms with E-state index >= 15 is 0 Å². The Morgan fingerprint density at radius 2 is 1.81 bits per heavy atom. The fourth-order valence-corrected chi connectivity index (χ4v) is 6.33. The number of hydrogen-bond donors (Lipinski definition) is 2. The number of carbonyl (C=O) groups excluding carboxylic acids is 3. The van der Waals surface area contributed by atoms with Gasteiger partial charge in [-0.15, -0.1) is 0 Å². The van der Waals surface area contributed by atoms with Crippen LogP contribution in [0.3, 0.4) is 0 Å². The Hall–Kier alpha value is -2.97. The number of carbonyl (C=O) groups is 3. The lowest BCUT2D eigenvalue weighted by Gasteiger charge is -2.60. The van der Waals surface area contributed by atoms with Crippen LogP contribution in [0, 0.1) is 27.4 Å². The first-order valence-electron chi connectivity index (χ1n) is 10.7. The Morgan fingerprint density at radius 3 is 2.42 bits per heavy atom. The summed E-state index contributed by atoms with van der Waals surface area (Å²) in [5, 5.41) is 16.7. The number of rotatable bonds is 6. The summed E-state index contributed by atoms with van der Waals surface area (Å²) in [5.41, 5.74) is -1.24. The van der Waals surface area contributed by atoms with Crippen LogP contribution in [0.25, 0.3) is 0 Å². The molecule has 0 aromatic heterocycles. The Balaban J connectivity index is 1.46. The van der Waals surface area contributed by atoms with Crippen molar-refractivity contribution in [3.8, 4) is 0 Å². The van der Waals surface area contributed by atoms with E-state index in [1.165, 1.54) is 32.0 Å². The number of esters is 1. The van der Waals surface area contributed by atoms with Gasteiger partial charge in [0.05, 0.1) is 10.3 Å². The van der Waals surface area contributed by atoms with Crippen molar-refractivity contribution >= 4 is 29.2 Å². The van der Waals surface area contributed by atoms with Crippen LogP contribution in [0.2, 0.25) is 0 Å². The minimum atomic E-state index is -1.10. The zero-order valence-corrected chi connectivity index (χ0v) is 17.7. The highest BCUT2D eigenvalue weighted by atomic mass is 16.6. The van der Waals surface area contributed by atoms with E-state index in [2.05, 4.69) is 10.6 Å². The summed E-state index contributed by atoms with van der Waals surface area (Å²) in [6.45, 7) is 2.96.